The first kappa shape index (κ1) is 20.4. The second-order valence-electron chi connectivity index (χ2n) is 4.99. The Labute approximate surface area is 138 Å². The van der Waals surface area contributed by atoms with E-state index in [0.717, 1.165) is 0 Å². The van der Waals surface area contributed by atoms with E-state index in [1.165, 1.54) is 42.3 Å². The predicted octanol–water partition coefficient (Wildman–Crippen LogP) is 6.11. The van der Waals surface area contributed by atoms with E-state index in [1.807, 2.05) is 11.8 Å². The van der Waals surface area contributed by atoms with Crippen molar-refractivity contribution in [3.63, 3.8) is 0 Å². The SMILES string of the molecule is CCSCCC(C)(CC)C(CCSC)(SC)SCC. The highest BCUT2D eigenvalue weighted by molar-refractivity contribution is 8.18. The maximum absolute atomic E-state index is 2.53. The van der Waals surface area contributed by atoms with E-state index in [2.05, 4.69) is 75.5 Å². The van der Waals surface area contributed by atoms with Gasteiger partial charge in [-0.2, -0.15) is 23.5 Å². The topological polar surface area (TPSA) is 0 Å². The molecule has 0 fully saturated rings. The first-order valence-corrected chi connectivity index (χ1v) is 12.1. The molecule has 0 nitrogen and oxygen atoms in total. The Hall–Kier alpha value is 1.40. The molecular formula is C15H32S4. The highest BCUT2D eigenvalue weighted by Gasteiger charge is 2.45. The van der Waals surface area contributed by atoms with E-state index >= 15 is 0 Å². The molecule has 0 radical (unpaired) electrons. The molecule has 0 aliphatic heterocycles. The summed E-state index contributed by atoms with van der Waals surface area (Å²) in [5, 5.41) is 0. The van der Waals surface area contributed by atoms with Crippen molar-refractivity contribution in [1.82, 2.24) is 0 Å². The zero-order chi connectivity index (χ0) is 14.8. The smallest absolute Gasteiger partial charge is 0.0669 e. The lowest BCUT2D eigenvalue weighted by atomic mass is 9.79. The molecule has 19 heavy (non-hydrogen) atoms. The minimum absolute atomic E-state index is 0.397. The molecular weight excluding hydrogens is 308 g/mol. The summed E-state index contributed by atoms with van der Waals surface area (Å²) >= 11 is 8.39. The minimum Gasteiger partial charge on any atom is -0.165 e. The number of rotatable bonds is 12. The van der Waals surface area contributed by atoms with Crippen LogP contribution in [0.25, 0.3) is 0 Å². The Morgan fingerprint density at radius 2 is 1.58 bits per heavy atom. The summed E-state index contributed by atoms with van der Waals surface area (Å²) in [6, 6.07) is 0. The highest BCUT2D eigenvalue weighted by atomic mass is 32.2. The first-order valence-electron chi connectivity index (χ1n) is 7.31. The molecule has 0 bridgehead atoms. The molecule has 2 unspecified atom stereocenters. The van der Waals surface area contributed by atoms with Crippen molar-refractivity contribution in [3.05, 3.63) is 0 Å². The third-order valence-corrected chi connectivity index (χ3v) is 9.22. The van der Waals surface area contributed by atoms with Crippen LogP contribution in [-0.2, 0) is 0 Å². The molecule has 0 spiro atoms. The quantitative estimate of drug-likeness (QED) is 0.310. The van der Waals surface area contributed by atoms with Crippen LogP contribution in [0.1, 0.15) is 47.0 Å². The van der Waals surface area contributed by atoms with Crippen LogP contribution >= 0.6 is 47.0 Å². The number of thioether (sulfide) groups is 4. The van der Waals surface area contributed by atoms with E-state index in [-0.39, 0.29) is 0 Å². The molecule has 2 atom stereocenters. The molecule has 0 aromatic carbocycles. The van der Waals surface area contributed by atoms with Crippen LogP contribution in [0.15, 0.2) is 0 Å². The van der Waals surface area contributed by atoms with E-state index in [0.29, 0.717) is 9.49 Å². The Morgan fingerprint density at radius 1 is 0.895 bits per heavy atom. The Morgan fingerprint density at radius 3 is 2.00 bits per heavy atom. The van der Waals surface area contributed by atoms with Gasteiger partial charge in [-0.05, 0) is 60.2 Å². The summed E-state index contributed by atoms with van der Waals surface area (Å²) in [7, 11) is 0. The average Bonchev–Trinajstić information content (AvgIpc) is 2.43. The highest BCUT2D eigenvalue weighted by Crippen LogP contribution is 2.56. The van der Waals surface area contributed by atoms with E-state index in [4.69, 9.17) is 0 Å². The lowest BCUT2D eigenvalue weighted by Gasteiger charge is -2.47. The van der Waals surface area contributed by atoms with Crippen molar-refractivity contribution >= 4 is 47.0 Å². The average molecular weight is 341 g/mol. The first-order chi connectivity index (χ1) is 9.05. The zero-order valence-corrected chi connectivity index (χ0v) is 16.8. The molecule has 0 amide bonds. The van der Waals surface area contributed by atoms with Crippen molar-refractivity contribution < 1.29 is 0 Å². The van der Waals surface area contributed by atoms with Gasteiger partial charge in [-0.15, -0.1) is 23.5 Å². The van der Waals surface area contributed by atoms with Gasteiger partial charge in [0.25, 0.3) is 0 Å². The molecule has 0 aliphatic carbocycles. The fourth-order valence-corrected chi connectivity index (χ4v) is 7.33. The van der Waals surface area contributed by atoms with Gasteiger partial charge in [0, 0.05) is 0 Å². The largest absolute Gasteiger partial charge is 0.165 e. The van der Waals surface area contributed by atoms with Crippen LogP contribution in [0.5, 0.6) is 0 Å². The number of hydrogen-bond donors (Lipinski definition) is 0. The molecule has 0 rings (SSSR count). The van der Waals surface area contributed by atoms with Gasteiger partial charge in [0.05, 0.1) is 4.08 Å². The van der Waals surface area contributed by atoms with Gasteiger partial charge in [0.1, 0.15) is 0 Å². The molecule has 0 saturated carbocycles. The van der Waals surface area contributed by atoms with Crippen molar-refractivity contribution in [3.8, 4) is 0 Å². The summed E-state index contributed by atoms with van der Waals surface area (Å²) in [5.74, 6) is 5.07. The maximum Gasteiger partial charge on any atom is 0.0669 e. The Balaban J connectivity index is 5.00. The molecule has 0 heterocycles. The number of hydrogen-bond acceptors (Lipinski definition) is 4. The minimum atomic E-state index is 0.397. The van der Waals surface area contributed by atoms with Gasteiger partial charge in [-0.1, -0.05) is 27.7 Å². The normalized spacial score (nSPS) is 18.0. The zero-order valence-electron chi connectivity index (χ0n) is 13.6. The van der Waals surface area contributed by atoms with Gasteiger partial charge >= 0.3 is 0 Å². The summed E-state index contributed by atoms with van der Waals surface area (Å²) in [5.41, 5.74) is 0.449. The van der Waals surface area contributed by atoms with Gasteiger partial charge in [-0.25, -0.2) is 0 Å². The molecule has 4 heteroatoms. The van der Waals surface area contributed by atoms with Gasteiger partial charge in [-0.3, -0.25) is 0 Å². The fraction of sp³-hybridized carbons (Fsp3) is 1.00. The van der Waals surface area contributed by atoms with Gasteiger partial charge in [0.15, 0.2) is 0 Å². The lowest BCUT2D eigenvalue weighted by Crippen LogP contribution is -2.42. The second-order valence-corrected chi connectivity index (χ2v) is 10.3. The van der Waals surface area contributed by atoms with Crippen molar-refractivity contribution in [1.29, 1.82) is 0 Å². The van der Waals surface area contributed by atoms with Gasteiger partial charge < -0.3 is 0 Å². The van der Waals surface area contributed by atoms with Crippen LogP contribution in [0.3, 0.4) is 0 Å². The van der Waals surface area contributed by atoms with Crippen LogP contribution < -0.4 is 0 Å². The summed E-state index contributed by atoms with van der Waals surface area (Å²) < 4.78 is 0.397. The Kier molecular flexibility index (Phi) is 11.8. The summed E-state index contributed by atoms with van der Waals surface area (Å²) in [4.78, 5) is 0. The lowest BCUT2D eigenvalue weighted by molar-refractivity contribution is 0.264. The van der Waals surface area contributed by atoms with Gasteiger partial charge in [0.2, 0.25) is 0 Å². The van der Waals surface area contributed by atoms with E-state index < -0.39 is 0 Å². The molecule has 0 aromatic rings. The molecule has 0 aromatic heterocycles. The standard InChI is InChI=1S/C15H32S4/c1-7-14(4,10-13-18-8-2)15(17-6,19-9-3)11-12-16-5/h7-13H2,1-6H3. The molecule has 116 valence electrons. The summed E-state index contributed by atoms with van der Waals surface area (Å²) in [6.45, 7) is 9.50. The Bertz CT molecular complexity index is 222. The molecule has 0 aliphatic rings. The third kappa shape index (κ3) is 5.96. The summed E-state index contributed by atoms with van der Waals surface area (Å²) in [6.07, 6.45) is 8.53. The van der Waals surface area contributed by atoms with Crippen LogP contribution in [0.2, 0.25) is 0 Å². The van der Waals surface area contributed by atoms with Crippen LogP contribution in [-0.4, -0.2) is 39.6 Å². The third-order valence-electron chi connectivity index (χ3n) is 4.04. The fourth-order valence-electron chi connectivity index (χ4n) is 2.50. The monoisotopic (exact) mass is 340 g/mol. The van der Waals surface area contributed by atoms with E-state index in [9.17, 15) is 0 Å². The maximum atomic E-state index is 2.53. The molecule has 0 N–H and O–H groups in total. The predicted molar refractivity (Wildman–Crippen MR) is 103 cm³/mol. The molecule has 0 saturated heterocycles. The second kappa shape index (κ2) is 11.0. The van der Waals surface area contributed by atoms with Crippen molar-refractivity contribution in [2.45, 2.75) is 51.0 Å². The van der Waals surface area contributed by atoms with Crippen LogP contribution in [0, 0.1) is 5.41 Å². The van der Waals surface area contributed by atoms with Crippen LogP contribution in [0.4, 0.5) is 0 Å². The van der Waals surface area contributed by atoms with Crippen molar-refractivity contribution in [2.75, 3.05) is 35.5 Å². The van der Waals surface area contributed by atoms with E-state index in [1.54, 1.807) is 0 Å². The van der Waals surface area contributed by atoms with Crippen molar-refractivity contribution in [2.24, 2.45) is 5.41 Å².